The number of allylic oxidation sites excluding steroid dienone is 1. The largest absolute Gasteiger partial charge is 0.364 e. The minimum absolute atomic E-state index is 0.0726. The van der Waals surface area contributed by atoms with E-state index in [4.69, 9.17) is 4.74 Å². The lowest BCUT2D eigenvalue weighted by Crippen LogP contribution is -2.54. The van der Waals surface area contributed by atoms with Crippen molar-refractivity contribution in [1.29, 1.82) is 0 Å². The second-order valence-electron chi connectivity index (χ2n) is 12.5. The monoisotopic (exact) mass is 499 g/mol. The van der Waals surface area contributed by atoms with Gasteiger partial charge >= 0.3 is 0 Å². The van der Waals surface area contributed by atoms with Gasteiger partial charge in [0.25, 0.3) is 5.91 Å². The third kappa shape index (κ3) is 4.36. The van der Waals surface area contributed by atoms with E-state index in [-0.39, 0.29) is 28.9 Å². The first-order chi connectivity index (χ1) is 17.9. The Hall–Kier alpha value is -2.43. The molecule has 0 bridgehead atoms. The number of ether oxygens (including phenoxy) is 1. The molecule has 0 aliphatic heterocycles. The molecule has 3 saturated carbocycles. The number of hydrogen-bond acceptors (Lipinski definition) is 3. The summed E-state index contributed by atoms with van der Waals surface area (Å²) in [6.45, 7) is 4.96. The predicted octanol–water partition coefficient (Wildman–Crippen LogP) is 6.82. The number of amides is 1. The highest BCUT2D eigenvalue weighted by Gasteiger charge is 2.59. The number of aliphatic hydroxyl groups is 1. The van der Waals surface area contributed by atoms with Gasteiger partial charge in [-0.05, 0) is 92.1 Å². The summed E-state index contributed by atoms with van der Waals surface area (Å²) in [7, 11) is 0. The Kier molecular flexibility index (Phi) is 6.53. The zero-order valence-corrected chi connectivity index (χ0v) is 22.2. The van der Waals surface area contributed by atoms with Crippen molar-refractivity contribution in [2.24, 2.45) is 28.6 Å². The fraction of sp³-hybridized carbons (Fsp3) is 0.545. The van der Waals surface area contributed by atoms with Crippen molar-refractivity contribution in [3.8, 4) is 0 Å². The molecule has 4 unspecified atom stereocenters. The molecule has 4 aliphatic carbocycles. The van der Waals surface area contributed by atoms with Crippen molar-refractivity contribution in [2.45, 2.75) is 83.6 Å². The molecule has 0 radical (unpaired) electrons. The van der Waals surface area contributed by atoms with E-state index in [1.807, 2.05) is 60.7 Å². The van der Waals surface area contributed by atoms with Crippen LogP contribution in [0.25, 0.3) is 0 Å². The summed E-state index contributed by atoms with van der Waals surface area (Å²) in [4.78, 5) is 13.0. The predicted molar refractivity (Wildman–Crippen MR) is 146 cm³/mol. The molecule has 4 nitrogen and oxygen atoms in total. The molecule has 4 heteroatoms. The standard InChI is InChI=1S/C33H41NO3/c1-32-19-17-25(37-31(36)23-11-7-4-8-12-23)21-24(32)13-14-26-27-15-16-29(33(27,2)20-18-28(26)32)34-30(35)22-9-5-3-6-10-22/h3-13,25-29,31,36H,14-21H2,1-2H3,(H,34,35)/t25-,26?,27?,28?,29-,31?,32-,33-/m0/s1. The molecule has 0 spiro atoms. The maximum Gasteiger partial charge on any atom is 0.251 e. The Labute approximate surface area is 221 Å². The SMILES string of the molecule is C[C@]12CC[C@H](OC(O)c3ccccc3)CC1=CCC1C2CC[C@@]2(C)C1CC[C@@H]2NC(=O)c1ccccc1. The van der Waals surface area contributed by atoms with E-state index in [1.165, 1.54) is 19.3 Å². The van der Waals surface area contributed by atoms with Crippen LogP contribution < -0.4 is 5.32 Å². The number of hydrogen-bond donors (Lipinski definition) is 2. The smallest absolute Gasteiger partial charge is 0.251 e. The number of rotatable bonds is 5. The molecule has 3 fully saturated rings. The van der Waals surface area contributed by atoms with Crippen molar-refractivity contribution >= 4 is 5.91 Å². The van der Waals surface area contributed by atoms with E-state index in [0.717, 1.165) is 43.2 Å². The lowest BCUT2D eigenvalue weighted by molar-refractivity contribution is -0.152. The van der Waals surface area contributed by atoms with Gasteiger partial charge in [-0.15, -0.1) is 0 Å². The fourth-order valence-electron chi connectivity index (χ4n) is 8.69. The van der Waals surface area contributed by atoms with Gasteiger partial charge in [0.1, 0.15) is 0 Å². The molecule has 0 aromatic heterocycles. The minimum atomic E-state index is -0.857. The van der Waals surface area contributed by atoms with Gasteiger partial charge in [-0.25, -0.2) is 0 Å². The van der Waals surface area contributed by atoms with Crippen molar-refractivity contribution in [3.05, 3.63) is 83.4 Å². The number of benzene rings is 2. The van der Waals surface area contributed by atoms with Gasteiger partial charge in [-0.3, -0.25) is 4.79 Å². The van der Waals surface area contributed by atoms with Crippen molar-refractivity contribution in [2.75, 3.05) is 0 Å². The van der Waals surface area contributed by atoms with Gasteiger partial charge in [0.05, 0.1) is 6.10 Å². The summed E-state index contributed by atoms with van der Waals surface area (Å²) in [5.74, 6) is 2.13. The van der Waals surface area contributed by atoms with Gasteiger partial charge in [0, 0.05) is 17.2 Å². The minimum Gasteiger partial charge on any atom is -0.364 e. The third-order valence-corrected chi connectivity index (χ3v) is 10.8. The zero-order chi connectivity index (χ0) is 25.6. The highest BCUT2D eigenvalue weighted by atomic mass is 16.6. The molecule has 196 valence electrons. The summed E-state index contributed by atoms with van der Waals surface area (Å²) < 4.78 is 6.15. The molecule has 2 aromatic carbocycles. The van der Waals surface area contributed by atoms with E-state index in [2.05, 4.69) is 25.2 Å². The zero-order valence-electron chi connectivity index (χ0n) is 22.2. The maximum absolute atomic E-state index is 13.0. The van der Waals surface area contributed by atoms with Crippen LogP contribution in [0.4, 0.5) is 0 Å². The van der Waals surface area contributed by atoms with Crippen molar-refractivity contribution in [1.82, 2.24) is 5.32 Å². The van der Waals surface area contributed by atoms with Crippen LogP contribution in [0.2, 0.25) is 0 Å². The third-order valence-electron chi connectivity index (χ3n) is 10.8. The molecule has 0 saturated heterocycles. The van der Waals surface area contributed by atoms with Crippen LogP contribution in [0.5, 0.6) is 0 Å². The number of aliphatic hydroxyl groups excluding tert-OH is 1. The molecule has 2 N–H and O–H groups in total. The van der Waals surface area contributed by atoms with Crippen LogP contribution >= 0.6 is 0 Å². The van der Waals surface area contributed by atoms with E-state index in [9.17, 15) is 9.90 Å². The van der Waals surface area contributed by atoms with Gasteiger partial charge in [0.15, 0.2) is 6.29 Å². The van der Waals surface area contributed by atoms with Crippen LogP contribution in [-0.2, 0) is 4.74 Å². The second-order valence-corrected chi connectivity index (χ2v) is 12.5. The van der Waals surface area contributed by atoms with Crippen LogP contribution in [0.15, 0.2) is 72.3 Å². The molecular weight excluding hydrogens is 458 g/mol. The maximum atomic E-state index is 13.0. The summed E-state index contributed by atoms with van der Waals surface area (Å²) in [5.41, 5.74) is 3.55. The molecule has 6 rings (SSSR count). The van der Waals surface area contributed by atoms with Gasteiger partial charge in [-0.1, -0.05) is 74.0 Å². The summed E-state index contributed by atoms with van der Waals surface area (Å²) >= 11 is 0. The highest BCUT2D eigenvalue weighted by Crippen LogP contribution is 2.65. The van der Waals surface area contributed by atoms with Gasteiger partial charge < -0.3 is 15.2 Å². The molecule has 37 heavy (non-hydrogen) atoms. The van der Waals surface area contributed by atoms with Crippen LogP contribution in [0.1, 0.15) is 87.4 Å². The topological polar surface area (TPSA) is 58.6 Å². The Morgan fingerprint density at radius 2 is 1.68 bits per heavy atom. The number of carbonyl (C=O) groups is 1. The van der Waals surface area contributed by atoms with Crippen LogP contribution in [0.3, 0.4) is 0 Å². The summed E-state index contributed by atoms with van der Waals surface area (Å²) in [5, 5.41) is 14.1. The Balaban J connectivity index is 1.15. The lowest BCUT2D eigenvalue weighted by Gasteiger charge is -2.58. The Bertz CT molecular complexity index is 1150. The first-order valence-corrected chi connectivity index (χ1v) is 14.3. The fourth-order valence-corrected chi connectivity index (χ4v) is 8.69. The van der Waals surface area contributed by atoms with E-state index < -0.39 is 6.29 Å². The first-order valence-electron chi connectivity index (χ1n) is 14.3. The molecule has 4 aliphatic rings. The average Bonchev–Trinajstić information content (AvgIpc) is 3.25. The molecule has 1 amide bonds. The van der Waals surface area contributed by atoms with Gasteiger partial charge in [-0.2, -0.15) is 0 Å². The van der Waals surface area contributed by atoms with Crippen LogP contribution in [0, 0.1) is 28.6 Å². The molecular formula is C33H41NO3. The van der Waals surface area contributed by atoms with Crippen molar-refractivity contribution < 1.29 is 14.6 Å². The number of fused-ring (bicyclic) bond motifs is 5. The summed E-state index contributed by atoms with van der Waals surface area (Å²) in [6.07, 6.45) is 10.7. The Morgan fingerprint density at radius 3 is 2.43 bits per heavy atom. The number of carbonyl (C=O) groups excluding carboxylic acids is 1. The Morgan fingerprint density at radius 1 is 0.946 bits per heavy atom. The summed E-state index contributed by atoms with van der Waals surface area (Å²) in [6, 6.07) is 19.6. The number of nitrogens with one attached hydrogen (secondary N) is 1. The van der Waals surface area contributed by atoms with E-state index >= 15 is 0 Å². The van der Waals surface area contributed by atoms with Crippen LogP contribution in [-0.4, -0.2) is 23.2 Å². The lowest BCUT2D eigenvalue weighted by atomic mass is 9.48. The van der Waals surface area contributed by atoms with E-state index in [1.54, 1.807) is 5.57 Å². The average molecular weight is 500 g/mol. The van der Waals surface area contributed by atoms with Gasteiger partial charge in [0.2, 0.25) is 0 Å². The molecule has 8 atom stereocenters. The normalized spacial score (nSPS) is 37.5. The second kappa shape index (κ2) is 9.71. The van der Waals surface area contributed by atoms with Crippen molar-refractivity contribution in [3.63, 3.8) is 0 Å². The highest BCUT2D eigenvalue weighted by molar-refractivity contribution is 5.94. The molecule has 2 aromatic rings. The molecule has 0 heterocycles. The first kappa shape index (κ1) is 24.9. The van der Waals surface area contributed by atoms with E-state index in [0.29, 0.717) is 17.8 Å². The quantitative estimate of drug-likeness (QED) is 0.350.